The zero-order valence-corrected chi connectivity index (χ0v) is 18.2. The van der Waals surface area contributed by atoms with Crippen molar-refractivity contribution in [3.63, 3.8) is 0 Å². The van der Waals surface area contributed by atoms with E-state index >= 15 is 0 Å². The van der Waals surface area contributed by atoms with E-state index in [9.17, 15) is 4.79 Å². The van der Waals surface area contributed by atoms with Crippen molar-refractivity contribution in [2.75, 3.05) is 38.2 Å². The predicted molar refractivity (Wildman–Crippen MR) is 121 cm³/mol. The second-order valence-electron chi connectivity index (χ2n) is 6.74. The fraction of sp³-hybridized carbons (Fsp3) is 0.227. The first-order valence-corrected chi connectivity index (χ1v) is 10.5. The van der Waals surface area contributed by atoms with E-state index in [-0.39, 0.29) is 5.91 Å². The molecule has 2 aromatic carbocycles. The van der Waals surface area contributed by atoms with Gasteiger partial charge in [0.25, 0.3) is 5.91 Å². The van der Waals surface area contributed by atoms with Gasteiger partial charge < -0.3 is 14.5 Å². The molecule has 0 spiro atoms. The van der Waals surface area contributed by atoms with Gasteiger partial charge in [-0.2, -0.15) is 0 Å². The number of carbonyl (C=O) groups excluding carboxylic acids is 1. The first kappa shape index (κ1) is 19.6. The Morgan fingerprint density at radius 1 is 0.931 bits per heavy atom. The highest BCUT2D eigenvalue weighted by atomic mass is 127. The number of rotatable bonds is 4. The van der Waals surface area contributed by atoms with Crippen LogP contribution in [-0.4, -0.2) is 54.3 Å². The molecule has 0 radical (unpaired) electrons. The number of methoxy groups -OCH3 is 1. The maximum atomic E-state index is 12.8. The van der Waals surface area contributed by atoms with Crippen molar-refractivity contribution in [1.29, 1.82) is 0 Å². The summed E-state index contributed by atoms with van der Waals surface area (Å²) in [4.78, 5) is 16.9. The fourth-order valence-electron chi connectivity index (χ4n) is 3.44. The molecule has 1 aromatic heterocycles. The summed E-state index contributed by atoms with van der Waals surface area (Å²) in [6.45, 7) is 2.80. The number of para-hydroxylation sites is 1. The van der Waals surface area contributed by atoms with Gasteiger partial charge in [-0.1, -0.05) is 24.3 Å². The van der Waals surface area contributed by atoms with E-state index in [2.05, 4.69) is 37.7 Å². The van der Waals surface area contributed by atoms with Crippen LogP contribution in [0, 0.1) is 3.57 Å². The standard InChI is InChI=1S/C22H21IN4O2/c1-29-20-9-5-3-7-17(20)19-10-11-21(25-24-19)26-12-14-27(15-13-26)22(28)16-6-2-4-8-18(16)23/h2-11H,12-15H2,1H3. The normalized spacial score (nSPS) is 14.0. The van der Waals surface area contributed by atoms with Gasteiger partial charge in [0.15, 0.2) is 5.82 Å². The minimum Gasteiger partial charge on any atom is -0.496 e. The van der Waals surface area contributed by atoms with Crippen molar-refractivity contribution in [2.24, 2.45) is 0 Å². The highest BCUT2D eigenvalue weighted by molar-refractivity contribution is 14.1. The number of carbonyl (C=O) groups is 1. The molecule has 4 rings (SSSR count). The second kappa shape index (κ2) is 8.77. The van der Waals surface area contributed by atoms with Crippen LogP contribution in [0.25, 0.3) is 11.3 Å². The van der Waals surface area contributed by atoms with Crippen molar-refractivity contribution in [3.8, 4) is 17.0 Å². The Labute approximate surface area is 183 Å². The lowest BCUT2D eigenvalue weighted by atomic mass is 10.1. The largest absolute Gasteiger partial charge is 0.496 e. The molecule has 7 heteroatoms. The van der Waals surface area contributed by atoms with Crippen LogP contribution in [0.3, 0.4) is 0 Å². The van der Waals surface area contributed by atoms with Crippen molar-refractivity contribution in [1.82, 2.24) is 15.1 Å². The number of nitrogens with zero attached hydrogens (tertiary/aromatic N) is 4. The van der Waals surface area contributed by atoms with E-state index < -0.39 is 0 Å². The van der Waals surface area contributed by atoms with Crippen molar-refractivity contribution in [2.45, 2.75) is 0 Å². The van der Waals surface area contributed by atoms with Crippen LogP contribution >= 0.6 is 22.6 Å². The lowest BCUT2D eigenvalue weighted by Gasteiger charge is -2.35. The summed E-state index contributed by atoms with van der Waals surface area (Å²) in [5.74, 6) is 1.69. The zero-order valence-electron chi connectivity index (χ0n) is 16.1. The number of benzene rings is 2. The molecule has 1 fully saturated rings. The molecule has 3 aromatic rings. The average molecular weight is 500 g/mol. The van der Waals surface area contributed by atoms with Gasteiger partial charge in [0.2, 0.25) is 0 Å². The maximum Gasteiger partial charge on any atom is 0.255 e. The zero-order chi connectivity index (χ0) is 20.2. The Morgan fingerprint density at radius 3 is 2.34 bits per heavy atom. The molecule has 1 aliphatic rings. The minimum atomic E-state index is 0.0901. The Hall–Kier alpha value is -2.68. The molecule has 148 valence electrons. The molecule has 0 N–H and O–H groups in total. The Balaban J connectivity index is 1.43. The van der Waals surface area contributed by atoms with Crippen LogP contribution in [0.15, 0.2) is 60.7 Å². The summed E-state index contributed by atoms with van der Waals surface area (Å²) >= 11 is 2.21. The quantitative estimate of drug-likeness (QED) is 0.512. The first-order chi connectivity index (χ1) is 14.2. The van der Waals surface area contributed by atoms with Crippen LogP contribution in [0.2, 0.25) is 0 Å². The Kier molecular flexibility index (Phi) is 5.94. The van der Waals surface area contributed by atoms with Crippen LogP contribution in [0.5, 0.6) is 5.75 Å². The summed E-state index contributed by atoms with van der Waals surface area (Å²) in [5.41, 5.74) is 2.46. The topological polar surface area (TPSA) is 58.6 Å². The third-order valence-electron chi connectivity index (χ3n) is 5.03. The predicted octanol–water partition coefficient (Wildman–Crippen LogP) is 3.72. The number of aromatic nitrogens is 2. The lowest BCUT2D eigenvalue weighted by molar-refractivity contribution is 0.0745. The van der Waals surface area contributed by atoms with Gasteiger partial charge in [-0.25, -0.2) is 0 Å². The minimum absolute atomic E-state index is 0.0901. The van der Waals surface area contributed by atoms with Gasteiger partial charge >= 0.3 is 0 Å². The third kappa shape index (κ3) is 4.19. The summed E-state index contributed by atoms with van der Waals surface area (Å²) in [6.07, 6.45) is 0. The van der Waals surface area contributed by atoms with Gasteiger partial charge in [0.1, 0.15) is 5.75 Å². The highest BCUT2D eigenvalue weighted by Gasteiger charge is 2.24. The highest BCUT2D eigenvalue weighted by Crippen LogP contribution is 2.28. The number of anilines is 1. The van der Waals surface area contributed by atoms with Crippen LogP contribution < -0.4 is 9.64 Å². The number of piperazine rings is 1. The first-order valence-electron chi connectivity index (χ1n) is 9.43. The maximum absolute atomic E-state index is 12.8. The average Bonchev–Trinajstić information content (AvgIpc) is 2.79. The van der Waals surface area contributed by atoms with E-state index in [4.69, 9.17) is 4.74 Å². The molecule has 29 heavy (non-hydrogen) atoms. The van der Waals surface area contributed by atoms with Crippen LogP contribution in [-0.2, 0) is 0 Å². The lowest BCUT2D eigenvalue weighted by Crippen LogP contribution is -2.49. The number of halogens is 1. The molecule has 1 amide bonds. The van der Waals surface area contributed by atoms with Crippen molar-refractivity contribution >= 4 is 34.3 Å². The van der Waals surface area contributed by atoms with E-state index in [1.165, 1.54) is 0 Å². The molecular weight excluding hydrogens is 479 g/mol. The summed E-state index contributed by atoms with van der Waals surface area (Å²) in [5, 5.41) is 8.80. The molecule has 0 aliphatic carbocycles. The van der Waals surface area contributed by atoms with E-state index in [0.717, 1.165) is 45.0 Å². The van der Waals surface area contributed by atoms with Crippen molar-refractivity contribution < 1.29 is 9.53 Å². The van der Waals surface area contributed by atoms with E-state index in [1.807, 2.05) is 65.6 Å². The smallest absolute Gasteiger partial charge is 0.255 e. The summed E-state index contributed by atoms with van der Waals surface area (Å²) in [7, 11) is 1.65. The Bertz CT molecular complexity index is 1000. The van der Waals surface area contributed by atoms with Crippen molar-refractivity contribution in [3.05, 3.63) is 69.8 Å². The molecule has 0 unspecified atom stereocenters. The molecule has 1 saturated heterocycles. The van der Waals surface area contributed by atoms with Gasteiger partial charge in [0, 0.05) is 35.3 Å². The molecule has 0 bridgehead atoms. The molecule has 0 saturated carbocycles. The third-order valence-corrected chi connectivity index (χ3v) is 5.97. The summed E-state index contributed by atoms with van der Waals surface area (Å²) in [6, 6.07) is 19.4. The summed E-state index contributed by atoms with van der Waals surface area (Å²) < 4.78 is 6.39. The number of ether oxygens (including phenoxy) is 1. The SMILES string of the molecule is COc1ccccc1-c1ccc(N2CCN(C(=O)c3ccccc3I)CC2)nn1. The van der Waals surface area contributed by atoms with E-state index in [1.54, 1.807) is 7.11 Å². The van der Waals surface area contributed by atoms with Crippen LogP contribution in [0.4, 0.5) is 5.82 Å². The molecule has 1 aliphatic heterocycles. The van der Waals surface area contributed by atoms with E-state index in [0.29, 0.717) is 13.1 Å². The number of amides is 1. The van der Waals surface area contributed by atoms with Gasteiger partial charge in [0.05, 0.1) is 18.4 Å². The molecule has 6 nitrogen and oxygen atoms in total. The molecule has 2 heterocycles. The van der Waals surface area contributed by atoms with Crippen LogP contribution in [0.1, 0.15) is 10.4 Å². The van der Waals surface area contributed by atoms with Gasteiger partial charge in [-0.3, -0.25) is 4.79 Å². The van der Waals surface area contributed by atoms with Gasteiger partial charge in [-0.15, -0.1) is 10.2 Å². The molecule has 0 atom stereocenters. The number of hydrogen-bond acceptors (Lipinski definition) is 5. The second-order valence-corrected chi connectivity index (χ2v) is 7.90. The van der Waals surface area contributed by atoms with Gasteiger partial charge in [-0.05, 0) is 59.0 Å². The Morgan fingerprint density at radius 2 is 1.66 bits per heavy atom. The monoisotopic (exact) mass is 500 g/mol. The fourth-order valence-corrected chi connectivity index (χ4v) is 4.06. The number of hydrogen-bond donors (Lipinski definition) is 0. The molecular formula is C22H21IN4O2.